The molecule has 4 heteroatoms. The zero-order valence-electron chi connectivity index (χ0n) is 9.17. The lowest BCUT2D eigenvalue weighted by atomic mass is 10.2. The van der Waals surface area contributed by atoms with E-state index in [1.807, 2.05) is 18.2 Å². The van der Waals surface area contributed by atoms with Crippen molar-refractivity contribution in [3.05, 3.63) is 30.1 Å². The summed E-state index contributed by atoms with van der Waals surface area (Å²) in [5.74, 6) is -0.725. The number of hydrogen-bond donors (Lipinski definition) is 1. The van der Waals surface area contributed by atoms with E-state index in [1.165, 1.54) is 0 Å². The van der Waals surface area contributed by atoms with Crippen LogP contribution in [-0.4, -0.2) is 28.8 Å². The highest BCUT2D eigenvalue weighted by Crippen LogP contribution is 1.99. The molecule has 1 N–H and O–H groups in total. The molecule has 0 aliphatic rings. The van der Waals surface area contributed by atoms with Crippen LogP contribution in [0.5, 0.6) is 0 Å². The average Bonchev–Trinajstić information content (AvgIpc) is 2.29. The molecule has 0 radical (unpaired) electrons. The summed E-state index contributed by atoms with van der Waals surface area (Å²) in [6.45, 7) is 0.732. The molecule has 0 saturated heterocycles. The van der Waals surface area contributed by atoms with E-state index >= 15 is 0 Å². The number of carbonyl (C=O) groups is 1. The van der Waals surface area contributed by atoms with Gasteiger partial charge in [-0.25, -0.2) is 0 Å². The van der Waals surface area contributed by atoms with Gasteiger partial charge in [0.25, 0.3) is 0 Å². The third-order valence-corrected chi connectivity index (χ3v) is 2.09. The van der Waals surface area contributed by atoms with Crippen molar-refractivity contribution < 1.29 is 9.90 Å². The predicted octanol–water partition coefficient (Wildman–Crippen LogP) is 2.15. The fraction of sp³-hybridized carbons (Fsp3) is 0.417. The van der Waals surface area contributed by atoms with E-state index < -0.39 is 5.97 Å². The number of hydrogen-bond acceptors (Lipinski definition) is 3. The normalized spacial score (nSPS) is 10.8. The Balaban J connectivity index is 2.07. The van der Waals surface area contributed by atoms with Crippen molar-refractivity contribution in [2.45, 2.75) is 25.7 Å². The summed E-state index contributed by atoms with van der Waals surface area (Å²) >= 11 is 0. The van der Waals surface area contributed by atoms with Crippen LogP contribution in [0.2, 0.25) is 0 Å². The van der Waals surface area contributed by atoms with Gasteiger partial charge in [-0.3, -0.25) is 14.8 Å². The lowest BCUT2D eigenvalue weighted by molar-refractivity contribution is -0.137. The van der Waals surface area contributed by atoms with Crippen molar-refractivity contribution >= 4 is 12.2 Å². The zero-order valence-corrected chi connectivity index (χ0v) is 9.17. The molecule has 0 aliphatic carbocycles. The average molecular weight is 220 g/mol. The molecule has 0 unspecified atom stereocenters. The smallest absolute Gasteiger partial charge is 0.303 e. The molecule has 16 heavy (non-hydrogen) atoms. The number of nitrogens with zero attached hydrogens (tertiary/aromatic N) is 2. The lowest BCUT2D eigenvalue weighted by Gasteiger charge is -1.95. The second-order valence-corrected chi connectivity index (χ2v) is 3.49. The van der Waals surface area contributed by atoms with E-state index in [4.69, 9.17) is 5.11 Å². The third kappa shape index (κ3) is 5.90. The Morgan fingerprint density at radius 1 is 1.38 bits per heavy atom. The van der Waals surface area contributed by atoms with Crippen molar-refractivity contribution in [2.75, 3.05) is 6.54 Å². The van der Waals surface area contributed by atoms with E-state index in [1.54, 1.807) is 12.4 Å². The van der Waals surface area contributed by atoms with Crippen molar-refractivity contribution in [1.82, 2.24) is 4.98 Å². The van der Waals surface area contributed by atoms with Crippen LogP contribution in [0.4, 0.5) is 0 Å². The lowest BCUT2D eigenvalue weighted by Crippen LogP contribution is -1.94. The van der Waals surface area contributed by atoms with E-state index in [0.717, 1.165) is 31.5 Å². The summed E-state index contributed by atoms with van der Waals surface area (Å²) in [4.78, 5) is 18.6. The van der Waals surface area contributed by atoms with Gasteiger partial charge >= 0.3 is 5.97 Å². The second kappa shape index (κ2) is 7.56. The summed E-state index contributed by atoms with van der Waals surface area (Å²) in [5.41, 5.74) is 0.855. The van der Waals surface area contributed by atoms with Crippen molar-refractivity contribution in [1.29, 1.82) is 0 Å². The molecule has 0 spiro atoms. The van der Waals surface area contributed by atoms with Gasteiger partial charge < -0.3 is 5.11 Å². The SMILES string of the molecule is O=C(O)CCCCC/N=C\c1ccccn1. The van der Waals surface area contributed by atoms with Crippen LogP contribution >= 0.6 is 0 Å². The Hall–Kier alpha value is -1.71. The number of carboxylic acid groups (broad SMARTS) is 1. The molecule has 0 amide bonds. The van der Waals surface area contributed by atoms with Gasteiger partial charge in [0.1, 0.15) is 0 Å². The molecule has 1 heterocycles. The monoisotopic (exact) mass is 220 g/mol. The fourth-order valence-electron chi connectivity index (χ4n) is 1.27. The Morgan fingerprint density at radius 3 is 2.94 bits per heavy atom. The molecule has 86 valence electrons. The zero-order chi connectivity index (χ0) is 11.6. The van der Waals surface area contributed by atoms with Crippen LogP contribution in [-0.2, 0) is 4.79 Å². The van der Waals surface area contributed by atoms with E-state index in [0.29, 0.717) is 0 Å². The first-order chi connectivity index (χ1) is 7.79. The number of unbranched alkanes of at least 4 members (excludes halogenated alkanes) is 2. The maximum Gasteiger partial charge on any atom is 0.303 e. The predicted molar refractivity (Wildman–Crippen MR) is 62.8 cm³/mol. The molecule has 4 nitrogen and oxygen atoms in total. The Morgan fingerprint density at radius 2 is 2.25 bits per heavy atom. The second-order valence-electron chi connectivity index (χ2n) is 3.49. The van der Waals surface area contributed by atoms with Gasteiger partial charge in [-0.1, -0.05) is 12.5 Å². The minimum atomic E-state index is -0.725. The fourth-order valence-corrected chi connectivity index (χ4v) is 1.27. The maximum atomic E-state index is 10.2. The van der Waals surface area contributed by atoms with Gasteiger partial charge in [0.15, 0.2) is 0 Å². The van der Waals surface area contributed by atoms with E-state index in [9.17, 15) is 4.79 Å². The van der Waals surface area contributed by atoms with Crippen LogP contribution in [0.1, 0.15) is 31.4 Å². The summed E-state index contributed by atoms with van der Waals surface area (Å²) < 4.78 is 0. The number of carboxylic acids is 1. The van der Waals surface area contributed by atoms with E-state index in [-0.39, 0.29) is 6.42 Å². The molecule has 0 atom stereocenters. The number of pyridine rings is 1. The number of rotatable bonds is 7. The Kier molecular flexibility index (Phi) is 5.84. The standard InChI is InChI=1S/C12H16N2O2/c15-12(16)7-2-1-4-8-13-10-11-6-3-5-9-14-11/h3,5-6,9-10H,1-2,4,7-8H2,(H,15,16)/b13-10-. The van der Waals surface area contributed by atoms with Crippen molar-refractivity contribution in [3.63, 3.8) is 0 Å². The quantitative estimate of drug-likeness (QED) is 0.565. The van der Waals surface area contributed by atoms with Gasteiger partial charge in [0.05, 0.1) is 5.69 Å². The highest BCUT2D eigenvalue weighted by atomic mass is 16.4. The van der Waals surface area contributed by atoms with Gasteiger partial charge in [-0.05, 0) is 25.0 Å². The number of aliphatic imine (C=N–C) groups is 1. The summed E-state index contributed by atoms with van der Waals surface area (Å²) in [5, 5.41) is 8.43. The maximum absolute atomic E-state index is 10.2. The molecule has 1 aromatic rings. The van der Waals surface area contributed by atoms with Gasteiger partial charge in [0, 0.05) is 25.4 Å². The first kappa shape index (κ1) is 12.4. The van der Waals surface area contributed by atoms with E-state index in [2.05, 4.69) is 9.98 Å². The molecule has 0 aromatic carbocycles. The topological polar surface area (TPSA) is 62.5 Å². The van der Waals surface area contributed by atoms with Crippen LogP contribution < -0.4 is 0 Å². The van der Waals surface area contributed by atoms with Gasteiger partial charge in [-0.2, -0.15) is 0 Å². The molecular formula is C12H16N2O2. The highest BCUT2D eigenvalue weighted by Gasteiger charge is 1.95. The Labute approximate surface area is 95.1 Å². The van der Waals surface area contributed by atoms with Gasteiger partial charge in [-0.15, -0.1) is 0 Å². The first-order valence-electron chi connectivity index (χ1n) is 5.41. The summed E-state index contributed by atoms with van der Waals surface area (Å²) in [6.07, 6.45) is 6.30. The molecule has 0 aliphatic heterocycles. The summed E-state index contributed by atoms with van der Waals surface area (Å²) in [7, 11) is 0. The molecule has 0 bridgehead atoms. The largest absolute Gasteiger partial charge is 0.481 e. The molecule has 0 fully saturated rings. The third-order valence-electron chi connectivity index (χ3n) is 2.09. The Bertz CT molecular complexity index is 336. The van der Waals surface area contributed by atoms with Crippen LogP contribution in [0.25, 0.3) is 0 Å². The van der Waals surface area contributed by atoms with Gasteiger partial charge in [0.2, 0.25) is 0 Å². The molecule has 1 aromatic heterocycles. The number of aliphatic carboxylic acids is 1. The number of aromatic nitrogens is 1. The first-order valence-corrected chi connectivity index (χ1v) is 5.41. The molecule has 1 rings (SSSR count). The molecular weight excluding hydrogens is 204 g/mol. The van der Waals surface area contributed by atoms with Crippen LogP contribution in [0, 0.1) is 0 Å². The highest BCUT2D eigenvalue weighted by molar-refractivity contribution is 5.76. The minimum Gasteiger partial charge on any atom is -0.481 e. The molecule has 0 saturated carbocycles. The van der Waals surface area contributed by atoms with Crippen LogP contribution in [0.15, 0.2) is 29.4 Å². The van der Waals surface area contributed by atoms with Crippen molar-refractivity contribution in [3.8, 4) is 0 Å². The summed E-state index contributed by atoms with van der Waals surface area (Å²) in [6, 6.07) is 5.68. The minimum absolute atomic E-state index is 0.254. The van der Waals surface area contributed by atoms with Crippen LogP contribution in [0.3, 0.4) is 0 Å². The van der Waals surface area contributed by atoms with Crippen molar-refractivity contribution in [2.24, 2.45) is 4.99 Å².